The molecular weight excluding hydrogens is 120 g/mol. The highest BCUT2D eigenvalue weighted by atomic mass is 14.8. The molecule has 0 bridgehead atoms. The Labute approximate surface area is 64.0 Å². The van der Waals surface area contributed by atoms with E-state index in [4.69, 9.17) is 0 Å². The molecule has 10 heavy (non-hydrogen) atoms. The smallest absolute Gasteiger partial charge is 0.0209 e. The Morgan fingerprint density at radius 3 is 1.90 bits per heavy atom. The van der Waals surface area contributed by atoms with Crippen LogP contribution in [-0.2, 0) is 0 Å². The van der Waals surface area contributed by atoms with E-state index in [-0.39, 0.29) is 0 Å². The van der Waals surface area contributed by atoms with Gasteiger partial charge < -0.3 is 0 Å². The molecule has 0 aromatic heterocycles. The zero-order valence-electron chi connectivity index (χ0n) is 7.52. The fraction of sp³-hybridized carbons (Fsp3) is 1.00. The van der Waals surface area contributed by atoms with Gasteiger partial charge in [0.25, 0.3) is 0 Å². The first-order valence-corrected chi connectivity index (χ1v) is 4.66. The third-order valence-electron chi connectivity index (χ3n) is 4.71. The van der Waals surface area contributed by atoms with Crippen molar-refractivity contribution in [2.24, 2.45) is 29.1 Å². The summed E-state index contributed by atoms with van der Waals surface area (Å²) >= 11 is 0. The van der Waals surface area contributed by atoms with Crippen molar-refractivity contribution < 1.29 is 0 Å². The second-order valence-corrected chi connectivity index (χ2v) is 4.43. The summed E-state index contributed by atoms with van der Waals surface area (Å²) in [5, 5.41) is 0. The van der Waals surface area contributed by atoms with Crippen LogP contribution >= 0.6 is 0 Å². The molecule has 0 N–H and O–H groups in total. The van der Waals surface area contributed by atoms with Gasteiger partial charge in [-0.15, -0.1) is 0 Å². The molecule has 0 amide bonds. The van der Waals surface area contributed by atoms with E-state index in [9.17, 15) is 0 Å². The van der Waals surface area contributed by atoms with E-state index in [0.717, 1.165) is 29.1 Å². The third kappa shape index (κ3) is 0.408. The predicted molar refractivity (Wildman–Crippen MR) is 43.7 cm³/mol. The maximum Gasteiger partial charge on any atom is -0.0209 e. The van der Waals surface area contributed by atoms with Crippen molar-refractivity contribution in [3.05, 3.63) is 0 Å². The molecule has 0 aromatic rings. The second-order valence-electron chi connectivity index (χ2n) is 4.43. The van der Waals surface area contributed by atoms with E-state index in [1.54, 1.807) is 0 Å². The lowest BCUT2D eigenvalue weighted by Crippen LogP contribution is -2.34. The number of rotatable bonds is 1. The number of hydrogen-bond donors (Lipinski definition) is 0. The van der Waals surface area contributed by atoms with Crippen molar-refractivity contribution in [1.82, 2.24) is 0 Å². The molecule has 0 aliphatic heterocycles. The Morgan fingerprint density at radius 2 is 1.70 bits per heavy atom. The number of hydrogen-bond acceptors (Lipinski definition) is 0. The predicted octanol–water partition coefficient (Wildman–Crippen LogP) is 2.93. The minimum absolute atomic E-state index is 0.819. The molecule has 5 unspecified atom stereocenters. The molecule has 2 aliphatic carbocycles. The zero-order valence-corrected chi connectivity index (χ0v) is 7.52. The summed E-state index contributed by atoms with van der Waals surface area (Å²) < 4.78 is 0. The van der Waals surface area contributed by atoms with Crippen LogP contribution in [0.5, 0.6) is 0 Å². The van der Waals surface area contributed by atoms with Gasteiger partial charge in [-0.25, -0.2) is 0 Å². The summed E-state index contributed by atoms with van der Waals surface area (Å²) in [6.45, 7) is 9.66. The standard InChI is InChI=1S/C10H18/c1-5-10-7(3)6(2)9(10)8(10)4/h6-9H,5H2,1-4H3. The molecule has 2 saturated carbocycles. The second kappa shape index (κ2) is 1.60. The minimum Gasteiger partial charge on any atom is -0.0648 e. The van der Waals surface area contributed by atoms with Crippen LogP contribution in [0.2, 0.25) is 0 Å². The first-order chi connectivity index (χ1) is 4.66. The molecule has 0 radical (unpaired) electrons. The maximum atomic E-state index is 2.44. The van der Waals surface area contributed by atoms with Crippen LogP contribution in [0.1, 0.15) is 34.1 Å². The van der Waals surface area contributed by atoms with Gasteiger partial charge in [0.1, 0.15) is 0 Å². The summed E-state index contributed by atoms with van der Waals surface area (Å²) in [5.41, 5.74) is 0.819. The van der Waals surface area contributed by atoms with Gasteiger partial charge in [-0.05, 0) is 35.5 Å². The molecule has 0 heteroatoms. The van der Waals surface area contributed by atoms with Gasteiger partial charge in [-0.3, -0.25) is 0 Å². The van der Waals surface area contributed by atoms with Crippen LogP contribution in [0, 0.1) is 29.1 Å². The molecule has 2 fully saturated rings. The molecular formula is C10H18. The fourth-order valence-electron chi connectivity index (χ4n) is 3.92. The van der Waals surface area contributed by atoms with Gasteiger partial charge >= 0.3 is 0 Å². The van der Waals surface area contributed by atoms with Gasteiger partial charge in [-0.1, -0.05) is 27.7 Å². The molecule has 0 spiro atoms. The summed E-state index contributed by atoms with van der Waals surface area (Å²) in [5.74, 6) is 4.18. The molecule has 2 rings (SSSR count). The fourth-order valence-corrected chi connectivity index (χ4v) is 3.92. The van der Waals surface area contributed by atoms with Crippen molar-refractivity contribution in [2.75, 3.05) is 0 Å². The Morgan fingerprint density at radius 1 is 1.10 bits per heavy atom. The molecule has 58 valence electrons. The van der Waals surface area contributed by atoms with E-state index >= 15 is 0 Å². The quantitative estimate of drug-likeness (QED) is 0.522. The zero-order chi connectivity index (χ0) is 7.52. The highest BCUT2D eigenvalue weighted by Crippen LogP contribution is 2.79. The van der Waals surface area contributed by atoms with Gasteiger partial charge in [0.15, 0.2) is 0 Å². The van der Waals surface area contributed by atoms with Crippen LogP contribution in [0.25, 0.3) is 0 Å². The molecule has 0 aromatic carbocycles. The Bertz CT molecular complexity index is 153. The normalized spacial score (nSPS) is 64.8. The molecule has 5 atom stereocenters. The van der Waals surface area contributed by atoms with Crippen molar-refractivity contribution >= 4 is 0 Å². The van der Waals surface area contributed by atoms with Gasteiger partial charge in [0.2, 0.25) is 0 Å². The van der Waals surface area contributed by atoms with Crippen molar-refractivity contribution in [2.45, 2.75) is 34.1 Å². The topological polar surface area (TPSA) is 0 Å². The van der Waals surface area contributed by atoms with E-state index in [1.165, 1.54) is 6.42 Å². The first kappa shape index (κ1) is 6.69. The highest BCUT2D eigenvalue weighted by molar-refractivity contribution is 5.21. The largest absolute Gasteiger partial charge is 0.0648 e. The van der Waals surface area contributed by atoms with E-state index in [1.807, 2.05) is 0 Å². The van der Waals surface area contributed by atoms with E-state index < -0.39 is 0 Å². The average molecular weight is 138 g/mol. The van der Waals surface area contributed by atoms with Gasteiger partial charge in [-0.2, -0.15) is 0 Å². The third-order valence-corrected chi connectivity index (χ3v) is 4.71. The van der Waals surface area contributed by atoms with Gasteiger partial charge in [0, 0.05) is 0 Å². The van der Waals surface area contributed by atoms with Crippen LogP contribution in [0.3, 0.4) is 0 Å². The van der Waals surface area contributed by atoms with Crippen molar-refractivity contribution in [3.63, 3.8) is 0 Å². The van der Waals surface area contributed by atoms with Gasteiger partial charge in [0.05, 0.1) is 0 Å². The summed E-state index contributed by atoms with van der Waals surface area (Å²) in [4.78, 5) is 0. The minimum atomic E-state index is 0.819. The highest BCUT2D eigenvalue weighted by Gasteiger charge is 2.74. The molecule has 2 aliphatic rings. The van der Waals surface area contributed by atoms with Crippen molar-refractivity contribution in [1.29, 1.82) is 0 Å². The summed E-state index contributed by atoms with van der Waals surface area (Å²) in [6, 6.07) is 0. The lowest BCUT2D eigenvalue weighted by Gasteiger charge is -2.40. The van der Waals surface area contributed by atoms with E-state index in [2.05, 4.69) is 27.7 Å². The lowest BCUT2D eigenvalue weighted by atomic mass is 9.65. The Hall–Kier alpha value is 0. The first-order valence-electron chi connectivity index (χ1n) is 4.66. The monoisotopic (exact) mass is 138 g/mol. The summed E-state index contributed by atoms with van der Waals surface area (Å²) in [6.07, 6.45) is 1.42. The molecule has 0 saturated heterocycles. The molecule has 0 nitrogen and oxygen atoms in total. The van der Waals surface area contributed by atoms with Crippen LogP contribution in [-0.4, -0.2) is 0 Å². The Kier molecular flexibility index (Phi) is 1.07. The van der Waals surface area contributed by atoms with Crippen LogP contribution in [0.4, 0.5) is 0 Å². The van der Waals surface area contributed by atoms with Crippen LogP contribution < -0.4 is 0 Å². The SMILES string of the molecule is CCC12C(C)C(C)C1C2C. The lowest BCUT2D eigenvalue weighted by molar-refractivity contribution is 0.0834. The van der Waals surface area contributed by atoms with Crippen molar-refractivity contribution in [3.8, 4) is 0 Å². The Balaban J connectivity index is 2.16. The van der Waals surface area contributed by atoms with Crippen LogP contribution in [0.15, 0.2) is 0 Å². The summed E-state index contributed by atoms with van der Waals surface area (Å²) in [7, 11) is 0. The van der Waals surface area contributed by atoms with E-state index in [0.29, 0.717) is 0 Å². The average Bonchev–Trinajstić information content (AvgIpc) is 2.51. The molecule has 0 heterocycles. The maximum absolute atomic E-state index is 2.44. The number of fused-ring (bicyclic) bond motifs is 1.